The molecule has 0 atom stereocenters. The molecule has 0 saturated heterocycles. The number of hydrogen-bond acceptors (Lipinski definition) is 2. The van der Waals surface area contributed by atoms with Crippen LogP contribution in [0.1, 0.15) is 16.7 Å². The van der Waals surface area contributed by atoms with Crippen molar-refractivity contribution in [3.63, 3.8) is 0 Å². The van der Waals surface area contributed by atoms with Crippen LogP contribution in [0.4, 0.5) is 13.2 Å². The van der Waals surface area contributed by atoms with Gasteiger partial charge in [0.2, 0.25) is 0 Å². The summed E-state index contributed by atoms with van der Waals surface area (Å²) >= 11 is 10.8. The minimum atomic E-state index is -4.68. The number of pyridine rings is 1. The van der Waals surface area contributed by atoms with E-state index in [2.05, 4.69) is 4.98 Å². The van der Waals surface area contributed by atoms with Crippen LogP contribution in [0.15, 0.2) is 0 Å². The Hall–Kier alpha value is -0.990. The van der Waals surface area contributed by atoms with Gasteiger partial charge in [-0.2, -0.15) is 18.4 Å². The summed E-state index contributed by atoms with van der Waals surface area (Å²) in [7, 11) is 0. The lowest BCUT2D eigenvalue weighted by molar-refractivity contribution is -0.138. The second kappa shape index (κ2) is 3.87. The van der Waals surface area contributed by atoms with Crippen molar-refractivity contribution in [3.05, 3.63) is 27.0 Å². The van der Waals surface area contributed by atoms with E-state index in [9.17, 15) is 13.2 Å². The number of halogens is 5. The van der Waals surface area contributed by atoms with E-state index in [0.717, 1.165) is 6.92 Å². The van der Waals surface area contributed by atoms with Gasteiger partial charge in [0.1, 0.15) is 21.9 Å². The Morgan fingerprint density at radius 3 is 2.20 bits per heavy atom. The summed E-state index contributed by atoms with van der Waals surface area (Å²) in [4.78, 5) is 3.43. The summed E-state index contributed by atoms with van der Waals surface area (Å²) in [5.41, 5.74) is -2.13. The fourth-order valence-corrected chi connectivity index (χ4v) is 1.52. The summed E-state index contributed by atoms with van der Waals surface area (Å²) in [6.07, 6.45) is -4.68. The highest BCUT2D eigenvalue weighted by atomic mass is 35.5. The summed E-state index contributed by atoms with van der Waals surface area (Å²) < 4.78 is 37.7. The average molecular weight is 255 g/mol. The zero-order chi connectivity index (χ0) is 11.8. The standard InChI is InChI=1S/C8H3Cl2F3N2/c1-3-5(8(11,12)13)4(2-14)7(10)15-6(3)9/h1H3. The Morgan fingerprint density at radius 2 is 1.80 bits per heavy atom. The second-order valence-electron chi connectivity index (χ2n) is 2.68. The largest absolute Gasteiger partial charge is 0.418 e. The van der Waals surface area contributed by atoms with Crippen molar-refractivity contribution < 1.29 is 13.2 Å². The van der Waals surface area contributed by atoms with Crippen molar-refractivity contribution in [1.82, 2.24) is 4.98 Å². The van der Waals surface area contributed by atoms with Gasteiger partial charge >= 0.3 is 6.18 Å². The summed E-state index contributed by atoms with van der Waals surface area (Å²) in [6, 6.07) is 1.37. The number of nitrogens with zero attached hydrogens (tertiary/aromatic N) is 2. The first-order valence-electron chi connectivity index (χ1n) is 3.62. The minimum absolute atomic E-state index is 0.301. The molecule has 0 aliphatic carbocycles. The summed E-state index contributed by atoms with van der Waals surface area (Å²) in [5, 5.41) is 7.66. The van der Waals surface area contributed by atoms with Crippen molar-refractivity contribution >= 4 is 23.2 Å². The van der Waals surface area contributed by atoms with E-state index in [1.807, 2.05) is 0 Å². The second-order valence-corrected chi connectivity index (χ2v) is 3.39. The Balaban J connectivity index is 3.68. The van der Waals surface area contributed by atoms with E-state index in [4.69, 9.17) is 28.5 Å². The molecule has 0 bridgehead atoms. The van der Waals surface area contributed by atoms with Crippen LogP contribution in [0.25, 0.3) is 0 Å². The SMILES string of the molecule is Cc1c(Cl)nc(Cl)c(C#N)c1C(F)(F)F. The molecule has 0 saturated carbocycles. The number of alkyl halides is 3. The fourth-order valence-electron chi connectivity index (χ4n) is 1.08. The molecule has 80 valence electrons. The quantitative estimate of drug-likeness (QED) is 0.664. The van der Waals surface area contributed by atoms with Crippen molar-refractivity contribution in [1.29, 1.82) is 5.26 Å². The number of hydrogen-bond donors (Lipinski definition) is 0. The highest BCUT2D eigenvalue weighted by molar-refractivity contribution is 6.33. The normalized spacial score (nSPS) is 11.3. The smallest absolute Gasteiger partial charge is 0.223 e. The molecule has 2 nitrogen and oxygen atoms in total. The monoisotopic (exact) mass is 254 g/mol. The lowest BCUT2D eigenvalue weighted by Crippen LogP contribution is -2.12. The van der Waals surface area contributed by atoms with E-state index in [1.165, 1.54) is 6.07 Å². The van der Waals surface area contributed by atoms with Gasteiger partial charge in [-0.15, -0.1) is 0 Å². The molecule has 0 spiro atoms. The maximum atomic E-state index is 12.6. The van der Waals surface area contributed by atoms with Gasteiger partial charge in [0.25, 0.3) is 0 Å². The lowest BCUT2D eigenvalue weighted by Gasteiger charge is -2.13. The molecule has 15 heavy (non-hydrogen) atoms. The Kier molecular flexibility index (Phi) is 3.12. The minimum Gasteiger partial charge on any atom is -0.223 e. The lowest BCUT2D eigenvalue weighted by atomic mass is 10.1. The highest BCUT2D eigenvalue weighted by Crippen LogP contribution is 2.38. The molecular weight excluding hydrogens is 252 g/mol. The van der Waals surface area contributed by atoms with Crippen LogP contribution in [0, 0.1) is 18.3 Å². The van der Waals surface area contributed by atoms with E-state index in [0.29, 0.717) is 0 Å². The van der Waals surface area contributed by atoms with Crippen LogP contribution in [0.5, 0.6) is 0 Å². The van der Waals surface area contributed by atoms with Crippen molar-refractivity contribution in [3.8, 4) is 6.07 Å². The molecule has 1 aromatic heterocycles. The van der Waals surface area contributed by atoms with Gasteiger partial charge in [-0.3, -0.25) is 0 Å². The van der Waals surface area contributed by atoms with Crippen molar-refractivity contribution in [2.24, 2.45) is 0 Å². The molecule has 7 heteroatoms. The Bertz CT molecular complexity index is 449. The first-order valence-corrected chi connectivity index (χ1v) is 4.37. The topological polar surface area (TPSA) is 36.7 Å². The predicted octanol–water partition coefficient (Wildman–Crippen LogP) is 3.59. The molecule has 0 aromatic carbocycles. The molecular formula is C8H3Cl2F3N2. The Labute approximate surface area is 93.2 Å². The molecule has 1 aromatic rings. The fraction of sp³-hybridized carbons (Fsp3) is 0.250. The number of nitriles is 1. The zero-order valence-corrected chi connectivity index (χ0v) is 8.80. The predicted molar refractivity (Wildman–Crippen MR) is 48.7 cm³/mol. The number of aromatic nitrogens is 1. The van der Waals surface area contributed by atoms with Gasteiger partial charge in [0.05, 0.1) is 5.56 Å². The van der Waals surface area contributed by atoms with Gasteiger partial charge in [-0.1, -0.05) is 23.2 Å². The molecule has 0 aliphatic rings. The van der Waals surface area contributed by atoms with Gasteiger partial charge in [-0.25, -0.2) is 4.98 Å². The van der Waals surface area contributed by atoms with Crippen LogP contribution >= 0.6 is 23.2 Å². The first-order chi connectivity index (χ1) is 6.79. The average Bonchev–Trinajstić information content (AvgIpc) is 2.08. The van der Waals surface area contributed by atoms with Gasteiger partial charge in [0, 0.05) is 5.56 Å². The molecule has 0 N–H and O–H groups in total. The Morgan fingerprint density at radius 1 is 1.27 bits per heavy atom. The molecule has 0 amide bonds. The van der Waals surface area contributed by atoms with E-state index >= 15 is 0 Å². The molecule has 0 fully saturated rings. The highest BCUT2D eigenvalue weighted by Gasteiger charge is 2.38. The van der Waals surface area contributed by atoms with Crippen molar-refractivity contribution in [2.75, 3.05) is 0 Å². The molecule has 0 aliphatic heterocycles. The van der Waals surface area contributed by atoms with Gasteiger partial charge in [0.15, 0.2) is 0 Å². The summed E-state index contributed by atoms with van der Waals surface area (Å²) in [5.74, 6) is 0. The van der Waals surface area contributed by atoms with Crippen LogP contribution in [-0.2, 0) is 6.18 Å². The van der Waals surface area contributed by atoms with Crippen LogP contribution in [0.3, 0.4) is 0 Å². The van der Waals surface area contributed by atoms with E-state index in [1.54, 1.807) is 0 Å². The van der Waals surface area contributed by atoms with Crippen LogP contribution in [-0.4, -0.2) is 4.98 Å². The molecule has 0 radical (unpaired) electrons. The van der Waals surface area contributed by atoms with Crippen LogP contribution < -0.4 is 0 Å². The van der Waals surface area contributed by atoms with Crippen molar-refractivity contribution in [2.45, 2.75) is 13.1 Å². The molecule has 1 heterocycles. The third-order valence-corrected chi connectivity index (χ3v) is 2.37. The number of rotatable bonds is 0. The maximum absolute atomic E-state index is 12.6. The molecule has 1 rings (SSSR count). The van der Waals surface area contributed by atoms with E-state index < -0.39 is 22.5 Å². The zero-order valence-electron chi connectivity index (χ0n) is 7.28. The van der Waals surface area contributed by atoms with Crippen LogP contribution in [0.2, 0.25) is 10.3 Å². The molecule has 0 unspecified atom stereocenters. The maximum Gasteiger partial charge on any atom is 0.418 e. The van der Waals surface area contributed by atoms with Gasteiger partial charge in [-0.05, 0) is 6.92 Å². The first kappa shape index (κ1) is 12.1. The third-order valence-electron chi connectivity index (χ3n) is 1.73. The van der Waals surface area contributed by atoms with Gasteiger partial charge < -0.3 is 0 Å². The third kappa shape index (κ3) is 2.16. The van der Waals surface area contributed by atoms with E-state index in [-0.39, 0.29) is 10.7 Å². The summed E-state index contributed by atoms with van der Waals surface area (Å²) in [6.45, 7) is 1.13.